The lowest BCUT2D eigenvalue weighted by molar-refractivity contribution is -0.115. The van der Waals surface area contributed by atoms with Gasteiger partial charge in [0.2, 0.25) is 5.91 Å². The van der Waals surface area contributed by atoms with E-state index < -0.39 is 48.3 Å². The fourth-order valence-electron chi connectivity index (χ4n) is 3.89. The third-order valence-electron chi connectivity index (χ3n) is 5.50. The predicted molar refractivity (Wildman–Crippen MR) is 115 cm³/mol. The van der Waals surface area contributed by atoms with Crippen molar-refractivity contribution in [1.82, 2.24) is 9.55 Å². The quantitative estimate of drug-likeness (QED) is 0.426. The third kappa shape index (κ3) is 4.08. The van der Waals surface area contributed by atoms with Crippen molar-refractivity contribution in [2.75, 3.05) is 19.0 Å². The SMILES string of the molecule is CO[C@@H]1[C@@H](O)[C@@H](CO)O[C@H]1n1cc(CC(=O)Nc2cccc3ccccc23)c(=O)[nH]c1=O. The van der Waals surface area contributed by atoms with Crippen molar-refractivity contribution < 1.29 is 24.5 Å². The van der Waals surface area contributed by atoms with Crippen LogP contribution in [0.3, 0.4) is 0 Å². The lowest BCUT2D eigenvalue weighted by atomic mass is 10.1. The molecule has 0 spiro atoms. The standard InChI is InChI=1S/C22H23N3O7/c1-31-19-18(28)16(11-26)32-21(19)25-10-13(20(29)24-22(25)30)9-17(27)23-15-8-4-6-12-5-2-3-7-14(12)15/h2-8,10,16,18-19,21,26,28H,9,11H2,1H3,(H,23,27)(H,24,29,30)/t16-,18+,19-,21-/m1/s1. The van der Waals surface area contributed by atoms with Gasteiger partial charge in [-0.2, -0.15) is 0 Å². The van der Waals surface area contributed by atoms with Crippen LogP contribution in [0.15, 0.2) is 58.3 Å². The van der Waals surface area contributed by atoms with E-state index in [0.29, 0.717) is 5.69 Å². The lowest BCUT2D eigenvalue weighted by Gasteiger charge is -2.20. The maximum absolute atomic E-state index is 12.7. The minimum atomic E-state index is -1.17. The van der Waals surface area contributed by atoms with Gasteiger partial charge in [-0.15, -0.1) is 0 Å². The summed E-state index contributed by atoms with van der Waals surface area (Å²) in [7, 11) is 1.33. The Kier molecular flexibility index (Phi) is 6.19. The number of fused-ring (bicyclic) bond motifs is 1. The molecule has 0 bridgehead atoms. The number of nitrogens with zero attached hydrogens (tertiary/aromatic N) is 1. The minimum Gasteiger partial charge on any atom is -0.394 e. The van der Waals surface area contributed by atoms with Gasteiger partial charge in [0.05, 0.1) is 13.0 Å². The van der Waals surface area contributed by atoms with Crippen LogP contribution in [0.4, 0.5) is 5.69 Å². The van der Waals surface area contributed by atoms with Gasteiger partial charge in [-0.3, -0.25) is 19.1 Å². The van der Waals surface area contributed by atoms with Crippen LogP contribution >= 0.6 is 0 Å². The van der Waals surface area contributed by atoms with E-state index in [9.17, 15) is 24.6 Å². The summed E-state index contributed by atoms with van der Waals surface area (Å²) in [5.74, 6) is -0.444. The Morgan fingerprint density at radius 3 is 2.72 bits per heavy atom. The summed E-state index contributed by atoms with van der Waals surface area (Å²) in [5, 5.41) is 24.2. The first kappa shape index (κ1) is 21.9. The molecule has 0 saturated carbocycles. The molecule has 1 fully saturated rings. The van der Waals surface area contributed by atoms with Crippen LogP contribution in [0.1, 0.15) is 11.8 Å². The molecule has 1 aromatic heterocycles. The van der Waals surface area contributed by atoms with E-state index in [1.54, 1.807) is 6.07 Å². The number of aliphatic hydroxyl groups is 2. The van der Waals surface area contributed by atoms with Gasteiger partial charge in [-0.1, -0.05) is 36.4 Å². The van der Waals surface area contributed by atoms with E-state index in [2.05, 4.69) is 10.3 Å². The molecule has 0 radical (unpaired) electrons. The number of benzene rings is 2. The van der Waals surface area contributed by atoms with Gasteiger partial charge in [0.1, 0.15) is 18.3 Å². The van der Waals surface area contributed by atoms with Crippen LogP contribution in [0.25, 0.3) is 10.8 Å². The fraction of sp³-hybridized carbons (Fsp3) is 0.318. The zero-order chi connectivity index (χ0) is 22.8. The number of hydrogen-bond donors (Lipinski definition) is 4. The van der Waals surface area contributed by atoms with Gasteiger partial charge in [-0.05, 0) is 11.5 Å². The van der Waals surface area contributed by atoms with E-state index in [1.165, 1.54) is 13.3 Å². The number of nitrogens with one attached hydrogen (secondary N) is 2. The molecular formula is C22H23N3O7. The number of aromatic nitrogens is 2. The van der Waals surface area contributed by atoms with Gasteiger partial charge in [0.25, 0.3) is 5.56 Å². The normalized spacial score (nSPS) is 22.8. The van der Waals surface area contributed by atoms with Gasteiger partial charge < -0.3 is 25.0 Å². The highest BCUT2D eigenvalue weighted by Gasteiger charge is 2.45. The molecule has 2 aromatic carbocycles. The molecule has 3 aromatic rings. The second kappa shape index (κ2) is 9.05. The maximum atomic E-state index is 12.7. The van der Waals surface area contributed by atoms with Gasteiger partial charge in [-0.25, -0.2) is 4.79 Å². The van der Waals surface area contributed by atoms with Crippen LogP contribution in [0.2, 0.25) is 0 Å². The summed E-state index contributed by atoms with van der Waals surface area (Å²) in [6, 6.07) is 13.1. The van der Waals surface area contributed by atoms with E-state index in [1.807, 2.05) is 36.4 Å². The number of methoxy groups -OCH3 is 1. The first-order chi connectivity index (χ1) is 15.4. The fourth-order valence-corrected chi connectivity index (χ4v) is 3.89. The monoisotopic (exact) mass is 441 g/mol. The van der Waals surface area contributed by atoms with Crippen LogP contribution in [-0.2, 0) is 20.7 Å². The van der Waals surface area contributed by atoms with Crippen LogP contribution in [0.5, 0.6) is 0 Å². The molecule has 1 saturated heterocycles. The number of carbonyl (C=O) groups excluding carboxylic acids is 1. The van der Waals surface area contributed by atoms with Crippen molar-refractivity contribution in [3.8, 4) is 0 Å². The number of anilines is 1. The van der Waals surface area contributed by atoms with Gasteiger partial charge in [0, 0.05) is 29.9 Å². The van der Waals surface area contributed by atoms with E-state index in [0.717, 1.165) is 15.3 Å². The number of H-pyrrole nitrogens is 1. The summed E-state index contributed by atoms with van der Waals surface area (Å²) in [6.07, 6.45) is -3.25. The largest absolute Gasteiger partial charge is 0.394 e. The Morgan fingerprint density at radius 1 is 1.22 bits per heavy atom. The maximum Gasteiger partial charge on any atom is 0.330 e. The Balaban J connectivity index is 1.60. The molecule has 0 unspecified atom stereocenters. The third-order valence-corrected chi connectivity index (χ3v) is 5.50. The molecule has 10 heteroatoms. The summed E-state index contributed by atoms with van der Waals surface area (Å²) < 4.78 is 11.8. The van der Waals surface area contributed by atoms with Crippen molar-refractivity contribution in [1.29, 1.82) is 0 Å². The highest BCUT2D eigenvalue weighted by Crippen LogP contribution is 2.30. The number of hydrogen-bond acceptors (Lipinski definition) is 7. The molecule has 4 rings (SSSR count). The van der Waals surface area contributed by atoms with E-state index in [-0.39, 0.29) is 12.0 Å². The van der Waals surface area contributed by atoms with Gasteiger partial charge in [0.15, 0.2) is 6.23 Å². The van der Waals surface area contributed by atoms with E-state index in [4.69, 9.17) is 9.47 Å². The number of aromatic amines is 1. The van der Waals surface area contributed by atoms with Crippen molar-refractivity contribution >= 4 is 22.4 Å². The molecule has 4 atom stereocenters. The molecule has 32 heavy (non-hydrogen) atoms. The molecule has 168 valence electrons. The molecule has 0 aliphatic carbocycles. The first-order valence-corrected chi connectivity index (χ1v) is 10.0. The summed E-state index contributed by atoms with van der Waals surface area (Å²) in [4.78, 5) is 39.6. The molecule has 1 aliphatic rings. The number of ether oxygens (including phenoxy) is 2. The zero-order valence-electron chi connectivity index (χ0n) is 17.2. The number of amides is 1. The molecule has 2 heterocycles. The van der Waals surface area contributed by atoms with Crippen LogP contribution in [0, 0.1) is 0 Å². The molecule has 1 amide bonds. The molecule has 10 nitrogen and oxygen atoms in total. The molecule has 1 aliphatic heterocycles. The van der Waals surface area contributed by atoms with Crippen molar-refractivity contribution in [3.05, 3.63) is 75.1 Å². The van der Waals surface area contributed by atoms with E-state index >= 15 is 0 Å². The zero-order valence-corrected chi connectivity index (χ0v) is 17.2. The van der Waals surface area contributed by atoms with Gasteiger partial charge >= 0.3 is 5.69 Å². The number of carbonyl (C=O) groups is 1. The highest BCUT2D eigenvalue weighted by molar-refractivity contribution is 6.02. The first-order valence-electron chi connectivity index (χ1n) is 10.0. The number of aliphatic hydroxyl groups excluding tert-OH is 2. The average Bonchev–Trinajstić information content (AvgIpc) is 3.11. The highest BCUT2D eigenvalue weighted by atomic mass is 16.6. The summed E-state index contributed by atoms with van der Waals surface area (Å²) >= 11 is 0. The van der Waals surface area contributed by atoms with Crippen molar-refractivity contribution in [3.63, 3.8) is 0 Å². The summed E-state index contributed by atoms with van der Waals surface area (Å²) in [6.45, 7) is -0.476. The Morgan fingerprint density at radius 2 is 1.97 bits per heavy atom. The van der Waals surface area contributed by atoms with Crippen LogP contribution in [-0.4, -0.2) is 57.7 Å². The lowest BCUT2D eigenvalue weighted by Crippen LogP contribution is -2.40. The minimum absolute atomic E-state index is 0.0303. The van der Waals surface area contributed by atoms with Crippen molar-refractivity contribution in [2.45, 2.75) is 31.0 Å². The molecule has 4 N–H and O–H groups in total. The second-order valence-electron chi connectivity index (χ2n) is 7.51. The van der Waals surface area contributed by atoms with Crippen molar-refractivity contribution in [2.24, 2.45) is 0 Å². The Bertz CT molecular complexity index is 1250. The second-order valence-corrected chi connectivity index (χ2v) is 7.51. The average molecular weight is 441 g/mol. The Hall–Kier alpha value is -3.31. The molecular weight excluding hydrogens is 418 g/mol. The Labute approximate surface area is 182 Å². The van der Waals surface area contributed by atoms with Crippen LogP contribution < -0.4 is 16.6 Å². The smallest absolute Gasteiger partial charge is 0.330 e. The number of rotatable bonds is 6. The predicted octanol–water partition coefficient (Wildman–Crippen LogP) is 0.137. The topological polar surface area (TPSA) is 143 Å². The summed E-state index contributed by atoms with van der Waals surface area (Å²) in [5.41, 5.74) is -0.857.